The number of aromatic nitrogens is 1. The molecule has 5 N–H and O–H groups in total. The molecule has 9 heteroatoms. The summed E-state index contributed by atoms with van der Waals surface area (Å²) in [6.07, 6.45) is 1.72. The number of rotatable bonds is 5. The van der Waals surface area contributed by atoms with Crippen molar-refractivity contribution in [3.8, 4) is 5.75 Å². The number of piperidine rings is 1. The molecule has 0 radical (unpaired) electrons. The van der Waals surface area contributed by atoms with Gasteiger partial charge >= 0.3 is 0 Å². The summed E-state index contributed by atoms with van der Waals surface area (Å²) >= 11 is 6.65. The van der Waals surface area contributed by atoms with Crippen LogP contribution >= 0.6 is 31.9 Å². The fraction of sp³-hybridized carbons (Fsp3) is 0.294. The van der Waals surface area contributed by atoms with Crippen molar-refractivity contribution in [1.29, 1.82) is 0 Å². The molecule has 2 heterocycles. The summed E-state index contributed by atoms with van der Waals surface area (Å²) in [6, 6.07) is 6.43. The van der Waals surface area contributed by atoms with Crippen molar-refractivity contribution in [3.05, 3.63) is 44.6 Å². The maximum absolute atomic E-state index is 12.5. The Hall–Kier alpha value is -1.84. The zero-order valence-electron chi connectivity index (χ0n) is 13.8. The fourth-order valence-electron chi connectivity index (χ4n) is 2.69. The number of hydrogen-bond acceptors (Lipinski definition) is 4. The molecule has 1 aromatic heterocycles. The van der Waals surface area contributed by atoms with E-state index in [1.807, 2.05) is 0 Å². The second-order valence-electron chi connectivity index (χ2n) is 5.94. The number of nitrogens with one attached hydrogen (secondary N) is 3. The average Bonchev–Trinajstić information content (AvgIpc) is 2.96. The molecule has 26 heavy (non-hydrogen) atoms. The minimum atomic E-state index is -0.546. The Kier molecular flexibility index (Phi) is 6.00. The van der Waals surface area contributed by atoms with E-state index < -0.39 is 5.91 Å². The number of aromatic amines is 1. The van der Waals surface area contributed by atoms with Crippen LogP contribution < -0.4 is 21.1 Å². The molecule has 138 valence electrons. The zero-order valence-corrected chi connectivity index (χ0v) is 16.9. The van der Waals surface area contributed by atoms with Crippen LogP contribution in [0.1, 0.15) is 33.7 Å². The van der Waals surface area contributed by atoms with Crippen molar-refractivity contribution in [2.24, 2.45) is 5.73 Å². The second-order valence-corrected chi connectivity index (χ2v) is 7.59. The van der Waals surface area contributed by atoms with E-state index in [4.69, 9.17) is 10.5 Å². The van der Waals surface area contributed by atoms with Crippen molar-refractivity contribution in [1.82, 2.24) is 10.3 Å². The smallest absolute Gasteiger partial charge is 0.272 e. The highest BCUT2D eigenvalue weighted by Gasteiger charge is 2.19. The highest BCUT2D eigenvalue weighted by atomic mass is 79.9. The predicted octanol–water partition coefficient (Wildman–Crippen LogP) is 3.02. The Morgan fingerprint density at radius 3 is 2.54 bits per heavy atom. The van der Waals surface area contributed by atoms with Crippen LogP contribution in [0.4, 0.5) is 5.69 Å². The van der Waals surface area contributed by atoms with Crippen LogP contribution in [0.15, 0.2) is 33.3 Å². The lowest BCUT2D eigenvalue weighted by Gasteiger charge is -2.25. The third-order valence-electron chi connectivity index (χ3n) is 4.06. The molecule has 0 aliphatic carbocycles. The molecule has 7 nitrogen and oxygen atoms in total. The minimum Gasteiger partial charge on any atom is -0.488 e. The number of H-pyrrole nitrogens is 1. The van der Waals surface area contributed by atoms with Gasteiger partial charge < -0.3 is 26.1 Å². The lowest BCUT2D eigenvalue weighted by molar-refractivity contribution is 0.0997. The van der Waals surface area contributed by atoms with Gasteiger partial charge in [-0.3, -0.25) is 9.59 Å². The van der Waals surface area contributed by atoms with E-state index in [9.17, 15) is 9.59 Å². The maximum atomic E-state index is 12.5. The first-order valence-electron chi connectivity index (χ1n) is 8.10. The molecule has 0 bridgehead atoms. The van der Waals surface area contributed by atoms with Crippen molar-refractivity contribution in [3.63, 3.8) is 0 Å². The SMILES string of the molecule is NC(=O)c1ccc(NC(=O)c2cc(Br)c(Br)[nH]2)c(OC2CCNCC2)c1. The van der Waals surface area contributed by atoms with Crippen LogP contribution in [-0.4, -0.2) is 36.0 Å². The van der Waals surface area contributed by atoms with Gasteiger partial charge in [0.25, 0.3) is 5.91 Å². The van der Waals surface area contributed by atoms with E-state index in [1.54, 1.807) is 24.3 Å². The number of ether oxygens (including phenoxy) is 1. The Morgan fingerprint density at radius 1 is 1.19 bits per heavy atom. The van der Waals surface area contributed by atoms with Gasteiger partial charge in [-0.2, -0.15) is 0 Å². The Balaban J connectivity index is 1.84. The van der Waals surface area contributed by atoms with E-state index in [1.165, 1.54) is 0 Å². The van der Waals surface area contributed by atoms with E-state index in [0.717, 1.165) is 30.4 Å². The van der Waals surface area contributed by atoms with Crippen molar-refractivity contribution in [2.75, 3.05) is 18.4 Å². The van der Waals surface area contributed by atoms with Gasteiger partial charge in [0, 0.05) is 5.56 Å². The van der Waals surface area contributed by atoms with Crippen molar-refractivity contribution >= 4 is 49.4 Å². The van der Waals surface area contributed by atoms with Gasteiger partial charge in [-0.05, 0) is 82.1 Å². The number of hydrogen-bond donors (Lipinski definition) is 4. The molecular weight excluding hydrogens is 468 g/mol. The van der Waals surface area contributed by atoms with E-state index in [2.05, 4.69) is 47.5 Å². The predicted molar refractivity (Wildman–Crippen MR) is 106 cm³/mol. The van der Waals surface area contributed by atoms with E-state index >= 15 is 0 Å². The van der Waals surface area contributed by atoms with Crippen molar-refractivity contribution in [2.45, 2.75) is 18.9 Å². The summed E-state index contributed by atoms with van der Waals surface area (Å²) < 4.78 is 7.48. The molecule has 2 aromatic rings. The Labute approximate surface area is 167 Å². The first-order valence-corrected chi connectivity index (χ1v) is 9.69. The molecule has 0 atom stereocenters. The van der Waals surface area contributed by atoms with Gasteiger partial charge in [0.1, 0.15) is 17.5 Å². The second kappa shape index (κ2) is 8.24. The normalized spacial score (nSPS) is 14.8. The molecule has 2 amide bonds. The minimum absolute atomic E-state index is 0.0174. The molecule has 3 rings (SSSR count). The van der Waals surface area contributed by atoms with Crippen LogP contribution in [0.3, 0.4) is 0 Å². The van der Waals surface area contributed by atoms with E-state index in [0.29, 0.717) is 27.3 Å². The van der Waals surface area contributed by atoms with Crippen molar-refractivity contribution < 1.29 is 14.3 Å². The molecule has 0 unspecified atom stereocenters. The fourth-order valence-corrected chi connectivity index (χ4v) is 3.34. The lowest BCUT2D eigenvalue weighted by Crippen LogP contribution is -2.34. The number of anilines is 1. The van der Waals surface area contributed by atoms with Crippen LogP contribution in [0.5, 0.6) is 5.75 Å². The quantitative estimate of drug-likeness (QED) is 0.521. The Bertz CT molecular complexity index is 812. The van der Waals surface area contributed by atoms with Crippen LogP contribution in [-0.2, 0) is 0 Å². The molecule has 0 saturated carbocycles. The number of primary amides is 1. The molecule has 1 aliphatic heterocycles. The molecular formula is C17H18Br2N4O3. The maximum Gasteiger partial charge on any atom is 0.272 e. The zero-order chi connectivity index (χ0) is 18.7. The highest BCUT2D eigenvalue weighted by molar-refractivity contribution is 9.13. The standard InChI is InChI=1S/C17H18Br2N4O3/c18-11-8-13(22-15(11)19)17(25)23-12-2-1-9(16(20)24)7-14(12)26-10-3-5-21-6-4-10/h1-2,7-8,10,21-22H,3-6H2,(H2,20,24)(H,23,25). The first kappa shape index (κ1) is 18.9. The van der Waals surface area contributed by atoms with Crippen LogP contribution in [0.2, 0.25) is 0 Å². The van der Waals surface area contributed by atoms with E-state index in [-0.39, 0.29) is 12.0 Å². The number of carbonyl (C=O) groups is 2. The summed E-state index contributed by atoms with van der Waals surface area (Å²) in [5.41, 5.74) is 6.57. The summed E-state index contributed by atoms with van der Waals surface area (Å²) in [5, 5.41) is 6.09. The third-order valence-corrected chi connectivity index (χ3v) is 5.85. The molecule has 1 aliphatic rings. The Morgan fingerprint density at radius 2 is 1.92 bits per heavy atom. The summed E-state index contributed by atoms with van der Waals surface area (Å²) in [6.45, 7) is 1.73. The number of benzene rings is 1. The largest absolute Gasteiger partial charge is 0.488 e. The lowest BCUT2D eigenvalue weighted by atomic mass is 10.1. The van der Waals surface area contributed by atoms with Gasteiger partial charge in [0.15, 0.2) is 0 Å². The van der Waals surface area contributed by atoms with Gasteiger partial charge in [-0.25, -0.2) is 0 Å². The molecule has 1 fully saturated rings. The number of nitrogens with two attached hydrogens (primary N) is 1. The highest BCUT2D eigenvalue weighted by Crippen LogP contribution is 2.30. The summed E-state index contributed by atoms with van der Waals surface area (Å²) in [5.74, 6) is -0.431. The van der Waals surface area contributed by atoms with Crippen LogP contribution in [0, 0.1) is 0 Å². The molecule has 1 saturated heterocycles. The number of carbonyl (C=O) groups excluding carboxylic acids is 2. The summed E-state index contributed by atoms with van der Waals surface area (Å²) in [4.78, 5) is 26.9. The monoisotopic (exact) mass is 484 g/mol. The van der Waals surface area contributed by atoms with Gasteiger partial charge in [-0.1, -0.05) is 0 Å². The number of halogens is 2. The van der Waals surface area contributed by atoms with Gasteiger partial charge in [-0.15, -0.1) is 0 Å². The van der Waals surface area contributed by atoms with Gasteiger partial charge in [0.05, 0.1) is 14.8 Å². The first-order chi connectivity index (χ1) is 12.4. The molecule has 1 aromatic carbocycles. The summed E-state index contributed by atoms with van der Waals surface area (Å²) in [7, 11) is 0. The van der Waals surface area contributed by atoms with Crippen LogP contribution in [0.25, 0.3) is 0 Å². The third kappa shape index (κ3) is 4.46. The number of amides is 2. The molecule has 0 spiro atoms. The van der Waals surface area contributed by atoms with Gasteiger partial charge in [0.2, 0.25) is 5.91 Å². The average molecular weight is 486 g/mol. The topological polar surface area (TPSA) is 109 Å².